The van der Waals surface area contributed by atoms with Gasteiger partial charge in [0.1, 0.15) is 0 Å². The molecule has 0 aliphatic carbocycles. The number of anilines is 1. The molecule has 0 bridgehead atoms. The summed E-state index contributed by atoms with van der Waals surface area (Å²) in [5.74, 6) is -0.115. The van der Waals surface area contributed by atoms with Crippen LogP contribution in [-0.2, 0) is 4.79 Å². The average molecular weight is 508 g/mol. The first-order chi connectivity index (χ1) is 14.9. The maximum Gasteiger partial charge on any atom is 0.270 e. The summed E-state index contributed by atoms with van der Waals surface area (Å²) in [7, 11) is 0. The number of hydrogen-bond donors (Lipinski definition) is 0. The van der Waals surface area contributed by atoms with E-state index < -0.39 is 0 Å². The molecule has 0 N–H and O–H groups in total. The van der Waals surface area contributed by atoms with Crippen molar-refractivity contribution in [2.45, 2.75) is 13.8 Å². The van der Waals surface area contributed by atoms with E-state index in [1.54, 1.807) is 4.90 Å². The van der Waals surface area contributed by atoms with Crippen LogP contribution in [0.25, 0.3) is 6.08 Å². The van der Waals surface area contributed by atoms with Gasteiger partial charge in [-0.3, -0.25) is 9.69 Å². The van der Waals surface area contributed by atoms with Crippen molar-refractivity contribution in [3.8, 4) is 0 Å². The number of aryl methyl sites for hydroxylation is 2. The standard InChI is InChI=1S/C24H18BrN3OS2/c1-15-5-3-4-6-20(15)27-26-19-11-12-21(16(2)13-19)28-23(29)22(31-24(28)30)14-17-7-9-18(25)10-8-17/h3-14H,1-2H3/b22-14-,27-26?. The second kappa shape index (κ2) is 9.26. The van der Waals surface area contributed by atoms with Crippen molar-refractivity contribution >= 4 is 73.3 Å². The van der Waals surface area contributed by atoms with Crippen molar-refractivity contribution in [3.63, 3.8) is 0 Å². The molecule has 7 heteroatoms. The van der Waals surface area contributed by atoms with E-state index in [1.807, 2.05) is 86.7 Å². The molecule has 0 atom stereocenters. The van der Waals surface area contributed by atoms with E-state index in [0.29, 0.717) is 9.23 Å². The van der Waals surface area contributed by atoms with Gasteiger partial charge in [0.15, 0.2) is 4.32 Å². The Bertz CT molecular complexity index is 1240. The van der Waals surface area contributed by atoms with Gasteiger partial charge in [0.2, 0.25) is 0 Å². The van der Waals surface area contributed by atoms with Crippen LogP contribution in [0.3, 0.4) is 0 Å². The minimum absolute atomic E-state index is 0.115. The molecule has 0 saturated carbocycles. The Labute approximate surface area is 199 Å². The quantitative estimate of drug-likeness (QED) is 0.205. The van der Waals surface area contributed by atoms with Crippen LogP contribution < -0.4 is 4.90 Å². The molecular weight excluding hydrogens is 490 g/mol. The summed E-state index contributed by atoms with van der Waals surface area (Å²) in [4.78, 5) is 15.3. The van der Waals surface area contributed by atoms with E-state index in [1.165, 1.54) is 11.8 Å². The highest BCUT2D eigenvalue weighted by molar-refractivity contribution is 9.10. The molecule has 1 aliphatic heterocycles. The van der Waals surface area contributed by atoms with E-state index in [4.69, 9.17) is 12.2 Å². The van der Waals surface area contributed by atoms with E-state index in [-0.39, 0.29) is 5.91 Å². The largest absolute Gasteiger partial charge is 0.270 e. The first-order valence-corrected chi connectivity index (χ1v) is 11.6. The van der Waals surface area contributed by atoms with E-state index in [0.717, 1.165) is 38.2 Å². The number of carbonyl (C=O) groups is 1. The number of thiocarbonyl (C=S) groups is 1. The van der Waals surface area contributed by atoms with Crippen LogP contribution in [0.4, 0.5) is 17.1 Å². The number of nitrogens with zero attached hydrogens (tertiary/aromatic N) is 3. The Morgan fingerprint density at radius 1 is 0.968 bits per heavy atom. The summed E-state index contributed by atoms with van der Waals surface area (Å²) in [6.45, 7) is 3.94. The Morgan fingerprint density at radius 3 is 2.42 bits per heavy atom. The van der Waals surface area contributed by atoms with Gasteiger partial charge in [0.05, 0.1) is 22.0 Å². The molecule has 4 rings (SSSR count). The first kappa shape index (κ1) is 21.6. The third-order valence-electron chi connectivity index (χ3n) is 4.77. The molecular formula is C24H18BrN3OS2. The fourth-order valence-corrected chi connectivity index (χ4v) is 4.67. The fraction of sp³-hybridized carbons (Fsp3) is 0.0833. The van der Waals surface area contributed by atoms with Gasteiger partial charge in [0.25, 0.3) is 5.91 Å². The Balaban J connectivity index is 1.58. The number of benzene rings is 3. The van der Waals surface area contributed by atoms with Crippen LogP contribution in [0.1, 0.15) is 16.7 Å². The van der Waals surface area contributed by atoms with Gasteiger partial charge in [0, 0.05) is 4.47 Å². The zero-order chi connectivity index (χ0) is 22.0. The summed E-state index contributed by atoms with van der Waals surface area (Å²) in [5, 5.41) is 8.69. The molecule has 0 unspecified atom stereocenters. The van der Waals surface area contributed by atoms with Crippen molar-refractivity contribution in [1.82, 2.24) is 0 Å². The number of halogens is 1. The van der Waals surface area contributed by atoms with Gasteiger partial charge in [-0.25, -0.2) is 0 Å². The maximum atomic E-state index is 13.1. The van der Waals surface area contributed by atoms with E-state index in [2.05, 4.69) is 26.2 Å². The lowest BCUT2D eigenvalue weighted by atomic mass is 10.1. The normalized spacial score (nSPS) is 15.5. The van der Waals surface area contributed by atoms with Crippen molar-refractivity contribution < 1.29 is 4.79 Å². The minimum atomic E-state index is -0.115. The number of azo groups is 1. The molecule has 1 saturated heterocycles. The summed E-state index contributed by atoms with van der Waals surface area (Å²) < 4.78 is 1.51. The molecule has 0 aromatic heterocycles. The number of carbonyl (C=O) groups excluding carboxylic acids is 1. The summed E-state index contributed by atoms with van der Waals surface area (Å²) in [6, 6.07) is 21.3. The number of hydrogen-bond acceptors (Lipinski definition) is 5. The Hall–Kier alpha value is -2.61. The van der Waals surface area contributed by atoms with Gasteiger partial charge in [-0.05, 0) is 73.0 Å². The van der Waals surface area contributed by atoms with Crippen molar-refractivity contribution in [2.24, 2.45) is 10.2 Å². The number of rotatable bonds is 4. The minimum Gasteiger partial charge on any atom is -0.268 e. The SMILES string of the molecule is Cc1ccccc1N=Nc1ccc(N2C(=O)/C(=C/c3ccc(Br)cc3)SC2=S)c(C)c1. The Morgan fingerprint density at radius 2 is 1.71 bits per heavy atom. The van der Waals surface area contributed by atoms with Gasteiger partial charge in [-0.1, -0.05) is 70.2 Å². The topological polar surface area (TPSA) is 45.0 Å². The monoisotopic (exact) mass is 507 g/mol. The van der Waals surface area contributed by atoms with Crippen molar-refractivity contribution in [3.05, 3.63) is 92.8 Å². The predicted molar refractivity (Wildman–Crippen MR) is 136 cm³/mol. The predicted octanol–water partition coefficient (Wildman–Crippen LogP) is 7.89. The van der Waals surface area contributed by atoms with Crippen LogP contribution in [0, 0.1) is 13.8 Å². The zero-order valence-electron chi connectivity index (χ0n) is 16.9. The van der Waals surface area contributed by atoms with Crippen molar-refractivity contribution in [1.29, 1.82) is 0 Å². The lowest BCUT2D eigenvalue weighted by Crippen LogP contribution is -2.28. The molecule has 3 aromatic rings. The van der Waals surface area contributed by atoms with E-state index >= 15 is 0 Å². The van der Waals surface area contributed by atoms with Gasteiger partial charge in [-0.2, -0.15) is 10.2 Å². The molecule has 1 aliphatic rings. The average Bonchev–Trinajstić information content (AvgIpc) is 3.02. The molecule has 0 radical (unpaired) electrons. The molecule has 3 aromatic carbocycles. The van der Waals surface area contributed by atoms with Crippen LogP contribution >= 0.6 is 39.9 Å². The highest BCUT2D eigenvalue weighted by Crippen LogP contribution is 2.38. The highest BCUT2D eigenvalue weighted by atomic mass is 79.9. The lowest BCUT2D eigenvalue weighted by molar-refractivity contribution is -0.113. The first-order valence-electron chi connectivity index (χ1n) is 9.54. The molecule has 1 fully saturated rings. The van der Waals surface area contributed by atoms with Gasteiger partial charge < -0.3 is 0 Å². The summed E-state index contributed by atoms with van der Waals surface area (Å²) in [6.07, 6.45) is 1.87. The smallest absolute Gasteiger partial charge is 0.268 e. The summed E-state index contributed by atoms with van der Waals surface area (Å²) >= 11 is 10.3. The summed E-state index contributed by atoms with van der Waals surface area (Å²) in [5.41, 5.74) is 5.24. The van der Waals surface area contributed by atoms with Gasteiger partial charge >= 0.3 is 0 Å². The third-order valence-corrected chi connectivity index (χ3v) is 6.60. The second-order valence-electron chi connectivity index (χ2n) is 7.03. The molecule has 0 spiro atoms. The molecule has 154 valence electrons. The highest BCUT2D eigenvalue weighted by Gasteiger charge is 2.34. The zero-order valence-corrected chi connectivity index (χ0v) is 20.1. The molecule has 1 amide bonds. The van der Waals surface area contributed by atoms with Crippen LogP contribution in [-0.4, -0.2) is 10.2 Å². The van der Waals surface area contributed by atoms with E-state index in [9.17, 15) is 4.79 Å². The molecule has 1 heterocycles. The fourth-order valence-electron chi connectivity index (χ4n) is 3.13. The van der Waals surface area contributed by atoms with Crippen molar-refractivity contribution in [2.75, 3.05) is 4.90 Å². The molecule has 4 nitrogen and oxygen atoms in total. The van der Waals surface area contributed by atoms with Crippen LogP contribution in [0.2, 0.25) is 0 Å². The van der Waals surface area contributed by atoms with Crippen LogP contribution in [0.5, 0.6) is 0 Å². The maximum absolute atomic E-state index is 13.1. The molecule has 31 heavy (non-hydrogen) atoms. The number of thioether (sulfide) groups is 1. The Kier molecular flexibility index (Phi) is 6.46. The van der Waals surface area contributed by atoms with Gasteiger partial charge in [-0.15, -0.1) is 0 Å². The number of amides is 1. The third kappa shape index (κ3) is 4.84. The van der Waals surface area contributed by atoms with Crippen LogP contribution in [0.15, 0.2) is 86.3 Å². The lowest BCUT2D eigenvalue weighted by Gasteiger charge is -2.17. The second-order valence-corrected chi connectivity index (χ2v) is 9.62.